The lowest BCUT2D eigenvalue weighted by Crippen LogP contribution is -2.46. The molecule has 0 spiro atoms. The third kappa shape index (κ3) is 6.18. The number of hydrogen-bond acceptors (Lipinski definition) is 4. The van der Waals surface area contributed by atoms with E-state index in [2.05, 4.69) is 12.2 Å². The molecule has 2 fully saturated rings. The van der Waals surface area contributed by atoms with Gasteiger partial charge in [-0.2, -0.15) is 0 Å². The molecule has 1 aliphatic heterocycles. The summed E-state index contributed by atoms with van der Waals surface area (Å²) in [7, 11) is 1.62. The molecule has 1 aromatic carbocycles. The van der Waals surface area contributed by atoms with Crippen LogP contribution < -0.4 is 15.5 Å². The monoisotopic (exact) mass is 493 g/mol. The van der Waals surface area contributed by atoms with Crippen molar-refractivity contribution in [2.24, 2.45) is 0 Å². The molecular weight excluding hydrogens is 454 g/mol. The first kappa shape index (κ1) is 26.0. The molecule has 1 N–H and O–H groups in total. The van der Waals surface area contributed by atoms with Gasteiger partial charge in [0.05, 0.1) is 7.11 Å². The summed E-state index contributed by atoms with van der Waals surface area (Å²) in [5, 5.41) is 3.09. The van der Waals surface area contributed by atoms with E-state index in [1.54, 1.807) is 24.1 Å². The molecule has 1 saturated carbocycles. The third-order valence-corrected chi connectivity index (χ3v) is 7.60. The number of rotatable bonds is 7. The minimum atomic E-state index is -0.478. The van der Waals surface area contributed by atoms with Crippen molar-refractivity contribution in [3.8, 4) is 5.75 Å². The number of methoxy groups -OCH3 is 1. The van der Waals surface area contributed by atoms with Gasteiger partial charge in [-0.1, -0.05) is 44.7 Å². The van der Waals surface area contributed by atoms with E-state index < -0.39 is 5.43 Å². The molecule has 2 aliphatic rings. The minimum absolute atomic E-state index is 0.0399. The van der Waals surface area contributed by atoms with E-state index in [1.807, 2.05) is 29.2 Å². The van der Waals surface area contributed by atoms with E-state index >= 15 is 0 Å². The Balaban J connectivity index is 1.69. The maximum atomic E-state index is 13.7. The number of likely N-dealkylation sites (tertiary alicyclic amines) is 1. The van der Waals surface area contributed by atoms with Gasteiger partial charge in [-0.25, -0.2) is 0 Å². The second-order valence-electron chi connectivity index (χ2n) is 10.2. The summed E-state index contributed by atoms with van der Waals surface area (Å²) in [6.07, 6.45) is 13.4. The number of amides is 2. The first-order valence-corrected chi connectivity index (χ1v) is 13.5. The summed E-state index contributed by atoms with van der Waals surface area (Å²) in [6.45, 7) is 3.14. The van der Waals surface area contributed by atoms with E-state index in [0.29, 0.717) is 13.1 Å². The average molecular weight is 494 g/mol. The Morgan fingerprint density at radius 3 is 2.44 bits per heavy atom. The number of piperidine rings is 1. The predicted molar refractivity (Wildman–Crippen MR) is 141 cm³/mol. The first-order chi connectivity index (χ1) is 17.5. The van der Waals surface area contributed by atoms with Gasteiger partial charge in [0.1, 0.15) is 16.9 Å². The third-order valence-electron chi connectivity index (χ3n) is 7.60. The molecule has 2 aromatic rings. The predicted octanol–water partition coefficient (Wildman–Crippen LogP) is 4.76. The molecule has 2 amide bonds. The number of benzene rings is 1. The van der Waals surface area contributed by atoms with Crippen LogP contribution in [0.4, 0.5) is 0 Å². The minimum Gasteiger partial charge on any atom is -0.497 e. The first-order valence-electron chi connectivity index (χ1n) is 13.5. The van der Waals surface area contributed by atoms with Crippen LogP contribution in [0.25, 0.3) is 0 Å². The van der Waals surface area contributed by atoms with Crippen LogP contribution in [-0.2, 0) is 6.54 Å². The average Bonchev–Trinajstić information content (AvgIpc) is 3.17. The van der Waals surface area contributed by atoms with Crippen molar-refractivity contribution in [3.63, 3.8) is 0 Å². The van der Waals surface area contributed by atoms with Gasteiger partial charge < -0.3 is 19.5 Å². The Hall–Kier alpha value is -3.09. The molecule has 4 rings (SSSR count). The fourth-order valence-corrected chi connectivity index (χ4v) is 5.55. The molecule has 194 valence electrons. The summed E-state index contributed by atoms with van der Waals surface area (Å²) in [6, 6.07) is 7.85. The van der Waals surface area contributed by atoms with Crippen LogP contribution in [0, 0.1) is 0 Å². The van der Waals surface area contributed by atoms with Crippen molar-refractivity contribution in [3.05, 3.63) is 63.6 Å². The molecule has 7 heteroatoms. The topological polar surface area (TPSA) is 80.6 Å². The van der Waals surface area contributed by atoms with Gasteiger partial charge in [0, 0.05) is 37.6 Å². The molecule has 0 bridgehead atoms. The fourth-order valence-electron chi connectivity index (χ4n) is 5.55. The van der Waals surface area contributed by atoms with Crippen LogP contribution in [0.15, 0.2) is 41.5 Å². The van der Waals surface area contributed by atoms with Gasteiger partial charge in [0.2, 0.25) is 5.43 Å². The Bertz CT molecular complexity index is 1120. The normalized spacial score (nSPS) is 18.9. The Morgan fingerprint density at radius 2 is 1.72 bits per heavy atom. The fraction of sp³-hybridized carbons (Fsp3) is 0.552. The van der Waals surface area contributed by atoms with Crippen LogP contribution in [-0.4, -0.2) is 47.0 Å². The van der Waals surface area contributed by atoms with Crippen LogP contribution in [0.3, 0.4) is 0 Å². The lowest BCUT2D eigenvalue weighted by Gasteiger charge is -2.35. The highest BCUT2D eigenvalue weighted by atomic mass is 16.5. The smallest absolute Gasteiger partial charge is 0.259 e. The SMILES string of the molecule is CC[C@@H]1CCCCN1C(=O)c1cn(Cc2cccc(OC)c2)cc(C(=O)NC2CCCCCC2)c1=O. The molecule has 7 nitrogen and oxygen atoms in total. The highest BCUT2D eigenvalue weighted by Gasteiger charge is 2.30. The zero-order chi connectivity index (χ0) is 25.5. The highest BCUT2D eigenvalue weighted by molar-refractivity contribution is 5.99. The van der Waals surface area contributed by atoms with E-state index in [-0.39, 0.29) is 35.0 Å². The molecule has 1 saturated heterocycles. The molecule has 2 heterocycles. The van der Waals surface area contributed by atoms with E-state index in [9.17, 15) is 14.4 Å². The highest BCUT2D eigenvalue weighted by Crippen LogP contribution is 2.22. The van der Waals surface area contributed by atoms with Gasteiger partial charge in [-0.15, -0.1) is 0 Å². The molecule has 1 atom stereocenters. The molecule has 1 aromatic heterocycles. The second-order valence-corrected chi connectivity index (χ2v) is 10.2. The number of carbonyl (C=O) groups is 2. The maximum absolute atomic E-state index is 13.7. The number of pyridine rings is 1. The van der Waals surface area contributed by atoms with Crippen molar-refractivity contribution in [1.29, 1.82) is 0 Å². The van der Waals surface area contributed by atoms with Crippen LogP contribution in [0.5, 0.6) is 5.75 Å². The lowest BCUT2D eigenvalue weighted by atomic mass is 9.98. The van der Waals surface area contributed by atoms with Crippen LogP contribution in [0.1, 0.15) is 97.4 Å². The molecule has 36 heavy (non-hydrogen) atoms. The molecule has 1 aliphatic carbocycles. The zero-order valence-corrected chi connectivity index (χ0v) is 21.6. The summed E-state index contributed by atoms with van der Waals surface area (Å²) in [4.78, 5) is 42.4. The van der Waals surface area contributed by atoms with Gasteiger partial charge in [-0.3, -0.25) is 14.4 Å². The molecule has 0 unspecified atom stereocenters. The number of ether oxygens (including phenoxy) is 1. The molecule has 0 radical (unpaired) electrons. The zero-order valence-electron chi connectivity index (χ0n) is 21.6. The van der Waals surface area contributed by atoms with Gasteiger partial charge in [0.25, 0.3) is 11.8 Å². The van der Waals surface area contributed by atoms with Crippen molar-refractivity contribution < 1.29 is 14.3 Å². The summed E-state index contributed by atoms with van der Waals surface area (Å²) in [5.74, 6) is 0.0805. The number of aromatic nitrogens is 1. The summed E-state index contributed by atoms with van der Waals surface area (Å²) in [5.41, 5.74) is 0.592. The van der Waals surface area contributed by atoms with Crippen molar-refractivity contribution in [2.45, 2.75) is 89.8 Å². The van der Waals surface area contributed by atoms with Crippen molar-refractivity contribution in [1.82, 2.24) is 14.8 Å². The Kier molecular flexibility index (Phi) is 8.83. The van der Waals surface area contributed by atoms with Gasteiger partial charge in [0.15, 0.2) is 0 Å². The van der Waals surface area contributed by atoms with E-state index in [0.717, 1.165) is 62.7 Å². The lowest BCUT2D eigenvalue weighted by molar-refractivity contribution is 0.0605. The number of carbonyl (C=O) groups excluding carboxylic acids is 2. The van der Waals surface area contributed by atoms with Crippen LogP contribution >= 0.6 is 0 Å². The van der Waals surface area contributed by atoms with Crippen LogP contribution in [0.2, 0.25) is 0 Å². The van der Waals surface area contributed by atoms with Gasteiger partial charge >= 0.3 is 0 Å². The summed E-state index contributed by atoms with van der Waals surface area (Å²) >= 11 is 0. The molecular formula is C29H39N3O4. The van der Waals surface area contributed by atoms with Crippen molar-refractivity contribution in [2.75, 3.05) is 13.7 Å². The Labute approximate surface area is 213 Å². The number of hydrogen-bond donors (Lipinski definition) is 1. The van der Waals surface area contributed by atoms with E-state index in [1.165, 1.54) is 12.8 Å². The van der Waals surface area contributed by atoms with E-state index in [4.69, 9.17) is 4.74 Å². The standard InChI is InChI=1S/C29H39N3O4/c1-3-23-14-8-9-16-32(23)29(35)26-20-31(18-21-11-10-15-24(17-21)36-2)19-25(27(26)33)28(34)30-22-12-6-4-5-7-13-22/h10-11,15,17,19-20,22-23H,3-9,12-14,16,18H2,1-2H3,(H,30,34)/t23-/m1/s1. The summed E-state index contributed by atoms with van der Waals surface area (Å²) < 4.78 is 7.14. The quantitative estimate of drug-likeness (QED) is 0.564. The second kappa shape index (κ2) is 12.2. The number of nitrogens with one attached hydrogen (secondary N) is 1. The van der Waals surface area contributed by atoms with Gasteiger partial charge in [-0.05, 0) is 56.2 Å². The Morgan fingerprint density at radius 1 is 1.00 bits per heavy atom. The maximum Gasteiger partial charge on any atom is 0.259 e. The largest absolute Gasteiger partial charge is 0.497 e. The number of nitrogens with zero attached hydrogens (tertiary/aromatic N) is 2. The van der Waals surface area contributed by atoms with Crippen molar-refractivity contribution >= 4 is 11.8 Å².